The van der Waals surface area contributed by atoms with Crippen molar-refractivity contribution >= 4 is 11.0 Å². The number of hydrogen-bond acceptors (Lipinski definition) is 3. The highest BCUT2D eigenvalue weighted by Gasteiger charge is 2.24. The average Bonchev–Trinajstić information content (AvgIpc) is 2.68. The summed E-state index contributed by atoms with van der Waals surface area (Å²) in [5.74, 6) is 0. The van der Waals surface area contributed by atoms with Crippen molar-refractivity contribution in [1.29, 1.82) is 0 Å². The van der Waals surface area contributed by atoms with Crippen LogP contribution < -0.4 is 5.73 Å². The maximum atomic E-state index is 5.90. The molecule has 0 bridgehead atoms. The van der Waals surface area contributed by atoms with E-state index in [1.54, 1.807) is 0 Å². The van der Waals surface area contributed by atoms with Crippen LogP contribution in [0.25, 0.3) is 11.0 Å². The van der Waals surface area contributed by atoms with Gasteiger partial charge in [0.15, 0.2) is 0 Å². The molecule has 1 atom stereocenters. The van der Waals surface area contributed by atoms with Crippen molar-refractivity contribution in [2.45, 2.75) is 12.5 Å². The van der Waals surface area contributed by atoms with Crippen LogP contribution >= 0.6 is 0 Å². The average molecular weight is 230 g/mol. The molecule has 1 aliphatic heterocycles. The molecule has 0 saturated carbocycles. The van der Waals surface area contributed by atoms with E-state index in [1.165, 1.54) is 16.6 Å². The zero-order chi connectivity index (χ0) is 12.0. The van der Waals surface area contributed by atoms with E-state index in [4.69, 9.17) is 5.73 Å². The van der Waals surface area contributed by atoms with Crippen LogP contribution in [0.2, 0.25) is 0 Å². The van der Waals surface area contributed by atoms with Crippen LogP contribution in [0.1, 0.15) is 17.2 Å². The Labute approximate surface area is 101 Å². The van der Waals surface area contributed by atoms with E-state index in [1.807, 2.05) is 13.4 Å². The number of nitrogens with zero attached hydrogens (tertiary/aromatic N) is 3. The van der Waals surface area contributed by atoms with Crippen molar-refractivity contribution in [2.24, 2.45) is 12.8 Å². The second kappa shape index (κ2) is 3.82. The summed E-state index contributed by atoms with van der Waals surface area (Å²) in [6, 6.07) is 4.82. The number of nitrogens with two attached hydrogens (primary N) is 1. The molecule has 0 fully saturated rings. The van der Waals surface area contributed by atoms with Crippen LogP contribution in [0.5, 0.6) is 0 Å². The van der Waals surface area contributed by atoms with Gasteiger partial charge in [-0.2, -0.15) is 0 Å². The normalized spacial score (nSPS) is 20.8. The van der Waals surface area contributed by atoms with Crippen LogP contribution in [-0.4, -0.2) is 34.6 Å². The van der Waals surface area contributed by atoms with E-state index in [-0.39, 0.29) is 0 Å². The quantitative estimate of drug-likeness (QED) is 0.797. The Bertz CT molecular complexity index is 558. The molecule has 1 unspecified atom stereocenters. The van der Waals surface area contributed by atoms with Crippen LogP contribution in [0.4, 0.5) is 0 Å². The van der Waals surface area contributed by atoms with Crippen LogP contribution in [0.15, 0.2) is 18.5 Å². The van der Waals surface area contributed by atoms with Crippen molar-refractivity contribution in [3.8, 4) is 0 Å². The summed E-state index contributed by atoms with van der Waals surface area (Å²) in [7, 11) is 4.18. The number of aryl methyl sites for hydroxylation is 1. The van der Waals surface area contributed by atoms with Gasteiger partial charge in [-0.05, 0) is 36.7 Å². The largest absolute Gasteiger partial charge is 0.334 e. The lowest BCUT2D eigenvalue weighted by molar-refractivity contribution is 0.236. The molecule has 2 N–H and O–H groups in total. The van der Waals surface area contributed by atoms with Gasteiger partial charge in [-0.3, -0.25) is 4.90 Å². The Morgan fingerprint density at radius 2 is 2.24 bits per heavy atom. The number of fused-ring (bicyclic) bond motifs is 2. The minimum atomic E-state index is 0.345. The molecule has 0 radical (unpaired) electrons. The van der Waals surface area contributed by atoms with Crippen LogP contribution in [0, 0.1) is 0 Å². The number of benzene rings is 1. The van der Waals surface area contributed by atoms with Gasteiger partial charge in [0.1, 0.15) is 0 Å². The molecule has 1 aromatic heterocycles. The molecule has 0 spiro atoms. The molecule has 17 heavy (non-hydrogen) atoms. The first-order valence-corrected chi connectivity index (χ1v) is 6.05. The number of imidazole rings is 1. The lowest BCUT2D eigenvalue weighted by atomic mass is 9.92. The Morgan fingerprint density at radius 3 is 3.00 bits per heavy atom. The van der Waals surface area contributed by atoms with Crippen molar-refractivity contribution in [3.05, 3.63) is 29.6 Å². The molecule has 4 nitrogen and oxygen atoms in total. The van der Waals surface area contributed by atoms with Gasteiger partial charge in [-0.15, -0.1) is 0 Å². The standard InChI is InChI=1S/C13H18N4/c1-16-4-3-9-5-11-12(17(2)8-15-11)6-10(9)13(16)7-14/h5-6,8,13H,3-4,7,14H2,1-2H3. The highest BCUT2D eigenvalue weighted by Crippen LogP contribution is 2.30. The number of hydrogen-bond donors (Lipinski definition) is 1. The van der Waals surface area contributed by atoms with Gasteiger partial charge >= 0.3 is 0 Å². The lowest BCUT2D eigenvalue weighted by Crippen LogP contribution is -2.36. The maximum absolute atomic E-state index is 5.90. The second-order valence-electron chi connectivity index (χ2n) is 4.88. The van der Waals surface area contributed by atoms with E-state index in [0.717, 1.165) is 18.5 Å². The molecular weight excluding hydrogens is 212 g/mol. The van der Waals surface area contributed by atoms with Gasteiger partial charge in [0.2, 0.25) is 0 Å². The van der Waals surface area contributed by atoms with Crippen LogP contribution in [-0.2, 0) is 13.5 Å². The van der Waals surface area contributed by atoms with Crippen LogP contribution in [0.3, 0.4) is 0 Å². The molecule has 90 valence electrons. The summed E-state index contributed by atoms with van der Waals surface area (Å²) in [6.07, 6.45) is 2.96. The highest BCUT2D eigenvalue weighted by molar-refractivity contribution is 5.77. The minimum Gasteiger partial charge on any atom is -0.334 e. The fraction of sp³-hybridized carbons (Fsp3) is 0.462. The molecule has 1 aromatic carbocycles. The Morgan fingerprint density at radius 1 is 1.41 bits per heavy atom. The fourth-order valence-corrected chi connectivity index (χ4v) is 2.76. The molecule has 4 heteroatoms. The fourth-order valence-electron chi connectivity index (χ4n) is 2.76. The van der Waals surface area contributed by atoms with Gasteiger partial charge in [0.25, 0.3) is 0 Å². The van der Waals surface area contributed by atoms with E-state index >= 15 is 0 Å². The molecular formula is C13H18N4. The topological polar surface area (TPSA) is 47.1 Å². The van der Waals surface area contributed by atoms with E-state index < -0.39 is 0 Å². The van der Waals surface area contributed by atoms with Crippen molar-refractivity contribution in [3.63, 3.8) is 0 Å². The summed E-state index contributed by atoms with van der Waals surface area (Å²) in [5.41, 5.74) is 11.0. The summed E-state index contributed by atoms with van der Waals surface area (Å²) in [6.45, 7) is 1.75. The maximum Gasteiger partial charge on any atom is 0.0955 e. The SMILES string of the molecule is CN1CCc2cc3ncn(C)c3cc2C1CN. The predicted octanol–water partition coefficient (Wildman–Crippen LogP) is 1.06. The molecule has 0 aliphatic carbocycles. The Kier molecular flexibility index (Phi) is 2.42. The van der Waals surface area contributed by atoms with E-state index in [0.29, 0.717) is 12.6 Å². The summed E-state index contributed by atoms with van der Waals surface area (Å²) in [5, 5.41) is 0. The molecule has 3 rings (SSSR count). The third-order valence-corrected chi connectivity index (χ3v) is 3.83. The predicted molar refractivity (Wildman–Crippen MR) is 68.8 cm³/mol. The summed E-state index contributed by atoms with van der Waals surface area (Å²) < 4.78 is 2.07. The molecule has 1 aliphatic rings. The van der Waals surface area contributed by atoms with Crippen molar-refractivity contribution in [1.82, 2.24) is 14.5 Å². The molecule has 0 saturated heterocycles. The Balaban J connectivity index is 2.22. The van der Waals surface area contributed by atoms with Crippen molar-refractivity contribution in [2.75, 3.05) is 20.1 Å². The lowest BCUT2D eigenvalue weighted by Gasteiger charge is -2.33. The first-order chi connectivity index (χ1) is 8.20. The van der Waals surface area contributed by atoms with Crippen molar-refractivity contribution < 1.29 is 0 Å². The molecule has 0 amide bonds. The van der Waals surface area contributed by atoms with Gasteiger partial charge in [0, 0.05) is 26.2 Å². The van der Waals surface area contributed by atoms with Gasteiger partial charge in [0.05, 0.1) is 17.4 Å². The highest BCUT2D eigenvalue weighted by atomic mass is 15.1. The second-order valence-corrected chi connectivity index (χ2v) is 4.88. The monoisotopic (exact) mass is 230 g/mol. The molecule has 2 aromatic rings. The third kappa shape index (κ3) is 1.56. The van der Waals surface area contributed by atoms with Gasteiger partial charge in [-0.1, -0.05) is 0 Å². The number of likely N-dealkylation sites (N-methyl/N-ethyl adjacent to an activating group) is 1. The number of aromatic nitrogens is 2. The third-order valence-electron chi connectivity index (χ3n) is 3.83. The van der Waals surface area contributed by atoms with E-state index in [9.17, 15) is 0 Å². The minimum absolute atomic E-state index is 0.345. The molecule has 2 heterocycles. The first kappa shape index (κ1) is 10.7. The summed E-state index contributed by atoms with van der Waals surface area (Å²) >= 11 is 0. The zero-order valence-electron chi connectivity index (χ0n) is 10.3. The Hall–Kier alpha value is -1.39. The van der Waals surface area contributed by atoms with Gasteiger partial charge in [-0.25, -0.2) is 4.98 Å². The summed E-state index contributed by atoms with van der Waals surface area (Å²) in [4.78, 5) is 6.75. The zero-order valence-corrected chi connectivity index (χ0v) is 10.3. The number of rotatable bonds is 1. The smallest absolute Gasteiger partial charge is 0.0955 e. The van der Waals surface area contributed by atoms with E-state index in [2.05, 4.69) is 33.6 Å². The first-order valence-electron chi connectivity index (χ1n) is 6.05. The van der Waals surface area contributed by atoms with Gasteiger partial charge < -0.3 is 10.3 Å².